The van der Waals surface area contributed by atoms with E-state index in [0.717, 1.165) is 13.1 Å². The Morgan fingerprint density at radius 2 is 2.38 bits per heavy atom. The predicted molar refractivity (Wildman–Crippen MR) is 66.8 cm³/mol. The first kappa shape index (κ1) is 11.4. The minimum atomic E-state index is 0.631. The van der Waals surface area contributed by atoms with Gasteiger partial charge in [-0.15, -0.1) is 0 Å². The van der Waals surface area contributed by atoms with Crippen LogP contribution < -0.4 is 10.2 Å². The van der Waals surface area contributed by atoms with E-state index in [-0.39, 0.29) is 0 Å². The summed E-state index contributed by atoms with van der Waals surface area (Å²) in [6, 6.07) is 9.25. The van der Waals surface area contributed by atoms with Crippen LogP contribution in [0.4, 0.5) is 5.69 Å². The van der Waals surface area contributed by atoms with Crippen LogP contribution in [0.15, 0.2) is 24.3 Å². The molecule has 0 aliphatic carbocycles. The maximum absolute atomic E-state index is 5.16. The van der Waals surface area contributed by atoms with Crippen LogP contribution in [0, 0.1) is 0 Å². The first-order valence-electron chi connectivity index (χ1n) is 5.83. The minimum Gasteiger partial charge on any atom is -0.380 e. The number of nitrogens with one attached hydrogen (secondary N) is 1. The molecule has 1 atom stereocenters. The zero-order valence-corrected chi connectivity index (χ0v) is 10.1. The fourth-order valence-electron chi connectivity index (χ4n) is 2.24. The van der Waals surface area contributed by atoms with E-state index in [1.807, 2.05) is 7.05 Å². The molecule has 1 aliphatic rings. The van der Waals surface area contributed by atoms with E-state index in [4.69, 9.17) is 4.74 Å². The van der Waals surface area contributed by atoms with Crippen LogP contribution >= 0.6 is 0 Å². The molecule has 16 heavy (non-hydrogen) atoms. The predicted octanol–water partition coefficient (Wildman–Crippen LogP) is 1.63. The normalized spacial score (nSPS) is 20.4. The molecule has 1 unspecified atom stereocenters. The van der Waals surface area contributed by atoms with Crippen molar-refractivity contribution in [3.63, 3.8) is 0 Å². The molecule has 1 aromatic carbocycles. The summed E-state index contributed by atoms with van der Waals surface area (Å²) in [5.41, 5.74) is 2.56. The van der Waals surface area contributed by atoms with Gasteiger partial charge in [0.15, 0.2) is 0 Å². The summed E-state index contributed by atoms with van der Waals surface area (Å²) < 4.78 is 5.16. The van der Waals surface area contributed by atoms with Gasteiger partial charge in [0.2, 0.25) is 0 Å². The van der Waals surface area contributed by atoms with Gasteiger partial charge in [-0.1, -0.05) is 12.1 Å². The van der Waals surface area contributed by atoms with Crippen LogP contribution in [0.3, 0.4) is 0 Å². The van der Waals surface area contributed by atoms with Crippen molar-refractivity contribution in [2.75, 3.05) is 32.1 Å². The van der Waals surface area contributed by atoms with Crippen molar-refractivity contribution in [2.24, 2.45) is 0 Å². The number of hydrogen-bond donors (Lipinski definition) is 1. The first-order valence-corrected chi connectivity index (χ1v) is 5.83. The van der Waals surface area contributed by atoms with Crippen LogP contribution in [-0.4, -0.2) is 33.3 Å². The third kappa shape index (κ3) is 2.54. The van der Waals surface area contributed by atoms with Crippen molar-refractivity contribution >= 4 is 5.69 Å². The lowest BCUT2D eigenvalue weighted by atomic mass is 10.2. The summed E-state index contributed by atoms with van der Waals surface area (Å²) >= 11 is 0. The Bertz CT molecular complexity index is 340. The lowest BCUT2D eigenvalue weighted by Gasteiger charge is -2.19. The molecule has 0 radical (unpaired) electrons. The summed E-state index contributed by atoms with van der Waals surface area (Å²) in [5.74, 6) is 0. The number of likely N-dealkylation sites (N-methyl/N-ethyl adjacent to an activating group) is 1. The number of rotatable bonds is 4. The molecule has 1 N–H and O–H groups in total. The molecule has 0 bridgehead atoms. The van der Waals surface area contributed by atoms with Crippen LogP contribution in [0.5, 0.6) is 0 Å². The molecule has 1 heterocycles. The fraction of sp³-hybridized carbons (Fsp3) is 0.538. The molecule has 0 saturated carbocycles. The van der Waals surface area contributed by atoms with Crippen molar-refractivity contribution in [3.8, 4) is 0 Å². The zero-order chi connectivity index (χ0) is 11.4. The molecule has 1 saturated heterocycles. The van der Waals surface area contributed by atoms with Crippen LogP contribution in [0.25, 0.3) is 0 Å². The Hall–Kier alpha value is -1.06. The van der Waals surface area contributed by atoms with Gasteiger partial charge in [-0.25, -0.2) is 0 Å². The largest absolute Gasteiger partial charge is 0.380 e. The summed E-state index contributed by atoms with van der Waals surface area (Å²) in [6.07, 6.45) is 1.23. The highest BCUT2D eigenvalue weighted by atomic mass is 16.5. The quantitative estimate of drug-likeness (QED) is 0.834. The molecule has 0 spiro atoms. The Morgan fingerprint density at radius 1 is 1.50 bits per heavy atom. The second-order valence-corrected chi connectivity index (χ2v) is 4.32. The van der Waals surface area contributed by atoms with Gasteiger partial charge in [0.25, 0.3) is 0 Å². The highest BCUT2D eigenvalue weighted by molar-refractivity contribution is 5.49. The number of methoxy groups -OCH3 is 1. The molecule has 2 rings (SSSR count). The number of benzene rings is 1. The van der Waals surface area contributed by atoms with Crippen molar-refractivity contribution in [2.45, 2.75) is 19.1 Å². The molecule has 1 aliphatic heterocycles. The smallest absolute Gasteiger partial charge is 0.0713 e. The van der Waals surface area contributed by atoms with E-state index in [1.165, 1.54) is 17.7 Å². The molecule has 0 amide bonds. The Kier molecular flexibility index (Phi) is 3.80. The third-order valence-electron chi connectivity index (χ3n) is 3.18. The standard InChI is InChI=1S/C13H20N2O/c1-14-12-6-7-15(9-12)13-5-3-4-11(8-13)10-16-2/h3-5,8,12,14H,6-7,9-10H2,1-2H3. The Labute approximate surface area is 97.4 Å². The SMILES string of the molecule is CNC1CCN(c2cccc(COC)c2)C1. The van der Waals surface area contributed by atoms with Crippen molar-refractivity contribution in [3.05, 3.63) is 29.8 Å². The van der Waals surface area contributed by atoms with Crippen molar-refractivity contribution in [1.29, 1.82) is 0 Å². The molecule has 3 nitrogen and oxygen atoms in total. The fourth-order valence-corrected chi connectivity index (χ4v) is 2.24. The van der Waals surface area contributed by atoms with E-state index in [1.54, 1.807) is 7.11 Å². The maximum Gasteiger partial charge on any atom is 0.0713 e. The summed E-state index contributed by atoms with van der Waals surface area (Å²) in [7, 11) is 3.77. The topological polar surface area (TPSA) is 24.5 Å². The second kappa shape index (κ2) is 5.32. The molecule has 3 heteroatoms. The monoisotopic (exact) mass is 220 g/mol. The van der Waals surface area contributed by atoms with Gasteiger partial charge in [-0.3, -0.25) is 0 Å². The summed E-state index contributed by atoms with van der Waals surface area (Å²) in [5, 5.41) is 3.34. The van der Waals surface area contributed by atoms with Gasteiger partial charge < -0.3 is 15.0 Å². The molecule has 88 valence electrons. The van der Waals surface area contributed by atoms with Gasteiger partial charge in [-0.2, -0.15) is 0 Å². The van der Waals surface area contributed by atoms with Crippen molar-refractivity contribution < 1.29 is 4.74 Å². The molecule has 1 fully saturated rings. The highest BCUT2D eigenvalue weighted by Crippen LogP contribution is 2.21. The van der Waals surface area contributed by atoms with E-state index < -0.39 is 0 Å². The van der Waals surface area contributed by atoms with Gasteiger partial charge in [0, 0.05) is 31.9 Å². The van der Waals surface area contributed by atoms with E-state index in [2.05, 4.69) is 34.5 Å². The zero-order valence-electron chi connectivity index (χ0n) is 10.1. The Morgan fingerprint density at radius 3 is 3.06 bits per heavy atom. The van der Waals surface area contributed by atoms with Crippen LogP contribution in [-0.2, 0) is 11.3 Å². The minimum absolute atomic E-state index is 0.631. The van der Waals surface area contributed by atoms with Gasteiger partial charge in [-0.05, 0) is 31.2 Å². The number of anilines is 1. The van der Waals surface area contributed by atoms with E-state index in [0.29, 0.717) is 12.6 Å². The Balaban J connectivity index is 2.06. The summed E-state index contributed by atoms with van der Waals surface area (Å²) in [6.45, 7) is 2.94. The molecular weight excluding hydrogens is 200 g/mol. The average molecular weight is 220 g/mol. The lowest BCUT2D eigenvalue weighted by Crippen LogP contribution is -2.29. The van der Waals surface area contributed by atoms with Gasteiger partial charge in [0.05, 0.1) is 6.61 Å². The number of hydrogen-bond acceptors (Lipinski definition) is 3. The van der Waals surface area contributed by atoms with Gasteiger partial charge >= 0.3 is 0 Å². The third-order valence-corrected chi connectivity index (χ3v) is 3.18. The molecule has 0 aromatic heterocycles. The second-order valence-electron chi connectivity index (χ2n) is 4.32. The summed E-state index contributed by atoms with van der Waals surface area (Å²) in [4.78, 5) is 2.43. The van der Waals surface area contributed by atoms with E-state index >= 15 is 0 Å². The first-order chi connectivity index (χ1) is 7.83. The molecule has 1 aromatic rings. The maximum atomic E-state index is 5.16. The number of nitrogens with zero attached hydrogens (tertiary/aromatic N) is 1. The average Bonchev–Trinajstić information content (AvgIpc) is 2.78. The van der Waals surface area contributed by atoms with Crippen LogP contribution in [0.1, 0.15) is 12.0 Å². The van der Waals surface area contributed by atoms with Crippen molar-refractivity contribution in [1.82, 2.24) is 5.32 Å². The van der Waals surface area contributed by atoms with E-state index in [9.17, 15) is 0 Å². The highest BCUT2D eigenvalue weighted by Gasteiger charge is 2.20. The lowest BCUT2D eigenvalue weighted by molar-refractivity contribution is 0.185. The van der Waals surface area contributed by atoms with Crippen LogP contribution in [0.2, 0.25) is 0 Å². The molecular formula is C13H20N2O. The van der Waals surface area contributed by atoms with Gasteiger partial charge in [0.1, 0.15) is 0 Å². The number of ether oxygens (including phenoxy) is 1.